The molecule has 1 unspecified atom stereocenters. The lowest BCUT2D eigenvalue weighted by atomic mass is 10.1. The van der Waals surface area contributed by atoms with E-state index in [1.807, 2.05) is 7.05 Å². The fourth-order valence-corrected chi connectivity index (χ4v) is 1.65. The highest BCUT2D eigenvalue weighted by molar-refractivity contribution is 5.36. The molecule has 0 bridgehead atoms. The summed E-state index contributed by atoms with van der Waals surface area (Å²) in [5.74, 6) is 0.405. The van der Waals surface area contributed by atoms with Gasteiger partial charge in [-0.25, -0.2) is 4.39 Å². The van der Waals surface area contributed by atoms with Crippen molar-refractivity contribution in [1.29, 1.82) is 0 Å². The number of hydrogen-bond donors (Lipinski definition) is 1. The van der Waals surface area contributed by atoms with E-state index in [2.05, 4.69) is 12.2 Å². The van der Waals surface area contributed by atoms with Crippen LogP contribution in [0.15, 0.2) is 18.2 Å². The summed E-state index contributed by atoms with van der Waals surface area (Å²) in [5.41, 5.74) is 0.783. The van der Waals surface area contributed by atoms with Crippen molar-refractivity contribution in [1.82, 2.24) is 5.32 Å². The molecular formula is C13H20FNO2. The summed E-state index contributed by atoms with van der Waals surface area (Å²) in [7, 11) is 3.40. The number of benzene rings is 1. The molecule has 3 nitrogen and oxygen atoms in total. The van der Waals surface area contributed by atoms with Crippen molar-refractivity contribution in [3.63, 3.8) is 0 Å². The molecule has 0 aliphatic heterocycles. The molecule has 0 fully saturated rings. The Bertz CT molecular complexity index is 344. The monoisotopic (exact) mass is 241 g/mol. The summed E-state index contributed by atoms with van der Waals surface area (Å²) < 4.78 is 24.0. The molecule has 0 heterocycles. The summed E-state index contributed by atoms with van der Waals surface area (Å²) in [5, 5.41) is 3.11. The van der Waals surface area contributed by atoms with Gasteiger partial charge < -0.3 is 14.8 Å². The van der Waals surface area contributed by atoms with Crippen LogP contribution in [-0.2, 0) is 4.74 Å². The summed E-state index contributed by atoms with van der Waals surface area (Å²) in [6.45, 7) is 3.26. The minimum atomic E-state index is -0.267. The average Bonchev–Trinajstić information content (AvgIpc) is 2.35. The van der Waals surface area contributed by atoms with E-state index in [1.54, 1.807) is 13.2 Å². The third-order valence-corrected chi connectivity index (χ3v) is 2.55. The standard InChI is InChI=1S/C13H20FNO2/c1-4-7-17-9-12(15-2)11-8-10(14)5-6-13(11)16-3/h5-6,8,12,15H,4,7,9H2,1-3H3. The van der Waals surface area contributed by atoms with Crippen LogP contribution in [0, 0.1) is 5.82 Å². The molecule has 4 heteroatoms. The zero-order chi connectivity index (χ0) is 12.7. The fraction of sp³-hybridized carbons (Fsp3) is 0.538. The highest BCUT2D eigenvalue weighted by Gasteiger charge is 2.15. The predicted molar refractivity (Wildman–Crippen MR) is 65.9 cm³/mol. The van der Waals surface area contributed by atoms with Gasteiger partial charge in [-0.3, -0.25) is 0 Å². The molecular weight excluding hydrogens is 221 g/mol. The quantitative estimate of drug-likeness (QED) is 0.744. The SMILES string of the molecule is CCCOCC(NC)c1cc(F)ccc1OC. The highest BCUT2D eigenvalue weighted by Crippen LogP contribution is 2.26. The van der Waals surface area contributed by atoms with E-state index in [0.717, 1.165) is 12.0 Å². The van der Waals surface area contributed by atoms with E-state index in [9.17, 15) is 4.39 Å². The number of methoxy groups -OCH3 is 1. The zero-order valence-electron chi connectivity index (χ0n) is 10.6. The molecule has 1 rings (SSSR count). The number of hydrogen-bond acceptors (Lipinski definition) is 3. The molecule has 0 saturated carbocycles. The Morgan fingerprint density at radius 2 is 2.18 bits per heavy atom. The summed E-state index contributed by atoms with van der Waals surface area (Å²) in [6.07, 6.45) is 0.969. The zero-order valence-corrected chi connectivity index (χ0v) is 10.6. The molecule has 0 radical (unpaired) electrons. The third kappa shape index (κ3) is 3.98. The van der Waals surface area contributed by atoms with Crippen LogP contribution in [0.2, 0.25) is 0 Å². The van der Waals surface area contributed by atoms with Crippen molar-refractivity contribution in [2.45, 2.75) is 19.4 Å². The highest BCUT2D eigenvalue weighted by atomic mass is 19.1. The van der Waals surface area contributed by atoms with Gasteiger partial charge in [0.15, 0.2) is 0 Å². The van der Waals surface area contributed by atoms with Gasteiger partial charge in [-0.05, 0) is 31.7 Å². The number of ether oxygens (including phenoxy) is 2. The van der Waals surface area contributed by atoms with Crippen LogP contribution in [0.5, 0.6) is 5.75 Å². The smallest absolute Gasteiger partial charge is 0.123 e. The van der Waals surface area contributed by atoms with Crippen molar-refractivity contribution in [3.8, 4) is 5.75 Å². The summed E-state index contributed by atoms with van der Waals surface area (Å²) >= 11 is 0. The number of likely N-dealkylation sites (N-methyl/N-ethyl adjacent to an activating group) is 1. The molecule has 0 aromatic heterocycles. The molecule has 1 aromatic carbocycles. The van der Waals surface area contributed by atoms with Gasteiger partial charge in [-0.15, -0.1) is 0 Å². The summed E-state index contributed by atoms with van der Waals surface area (Å²) in [6, 6.07) is 4.44. The number of halogens is 1. The Kier molecular flexibility index (Phi) is 5.94. The van der Waals surface area contributed by atoms with Crippen molar-refractivity contribution >= 4 is 0 Å². The van der Waals surface area contributed by atoms with Crippen LogP contribution in [-0.4, -0.2) is 27.4 Å². The molecule has 0 amide bonds. The van der Waals surface area contributed by atoms with Gasteiger partial charge in [0.25, 0.3) is 0 Å². The largest absolute Gasteiger partial charge is 0.496 e. The van der Waals surface area contributed by atoms with Gasteiger partial charge >= 0.3 is 0 Å². The Hall–Kier alpha value is -1.13. The second kappa shape index (κ2) is 7.25. The van der Waals surface area contributed by atoms with E-state index in [0.29, 0.717) is 19.0 Å². The Labute approximate surface area is 102 Å². The number of nitrogens with one attached hydrogen (secondary N) is 1. The normalized spacial score (nSPS) is 12.5. The molecule has 96 valence electrons. The van der Waals surface area contributed by atoms with E-state index >= 15 is 0 Å². The van der Waals surface area contributed by atoms with Crippen LogP contribution >= 0.6 is 0 Å². The van der Waals surface area contributed by atoms with Gasteiger partial charge in [0.05, 0.1) is 19.8 Å². The van der Waals surface area contributed by atoms with Crippen molar-refractivity contribution in [2.24, 2.45) is 0 Å². The van der Waals surface area contributed by atoms with E-state index in [-0.39, 0.29) is 11.9 Å². The molecule has 1 atom stereocenters. The first-order chi connectivity index (χ1) is 8.22. The van der Waals surface area contributed by atoms with Crippen molar-refractivity contribution in [3.05, 3.63) is 29.6 Å². The first-order valence-electron chi connectivity index (χ1n) is 5.81. The number of rotatable bonds is 7. The maximum absolute atomic E-state index is 13.2. The van der Waals surface area contributed by atoms with Crippen LogP contribution in [0.4, 0.5) is 4.39 Å². The lowest BCUT2D eigenvalue weighted by Gasteiger charge is -2.19. The molecule has 1 aromatic rings. The topological polar surface area (TPSA) is 30.5 Å². The van der Waals surface area contributed by atoms with Gasteiger partial charge in [0, 0.05) is 12.2 Å². The Balaban J connectivity index is 2.82. The average molecular weight is 241 g/mol. The second-order valence-electron chi connectivity index (χ2n) is 3.80. The predicted octanol–water partition coefficient (Wildman–Crippen LogP) is 2.52. The first kappa shape index (κ1) is 13.9. The first-order valence-corrected chi connectivity index (χ1v) is 5.81. The van der Waals surface area contributed by atoms with Crippen molar-refractivity contribution < 1.29 is 13.9 Å². The Morgan fingerprint density at radius 1 is 1.41 bits per heavy atom. The van der Waals surface area contributed by atoms with Gasteiger partial charge in [-0.1, -0.05) is 6.92 Å². The molecule has 0 aliphatic carbocycles. The van der Waals surface area contributed by atoms with Crippen LogP contribution in [0.1, 0.15) is 24.9 Å². The van der Waals surface area contributed by atoms with E-state index in [4.69, 9.17) is 9.47 Å². The van der Waals surface area contributed by atoms with Gasteiger partial charge in [0.2, 0.25) is 0 Å². The third-order valence-electron chi connectivity index (χ3n) is 2.55. The lowest BCUT2D eigenvalue weighted by Crippen LogP contribution is -2.22. The van der Waals surface area contributed by atoms with E-state index < -0.39 is 0 Å². The summed E-state index contributed by atoms with van der Waals surface area (Å²) in [4.78, 5) is 0. The minimum Gasteiger partial charge on any atom is -0.496 e. The molecule has 0 saturated heterocycles. The molecule has 17 heavy (non-hydrogen) atoms. The maximum atomic E-state index is 13.2. The minimum absolute atomic E-state index is 0.0628. The lowest BCUT2D eigenvalue weighted by molar-refractivity contribution is 0.113. The molecule has 1 N–H and O–H groups in total. The van der Waals surface area contributed by atoms with Crippen LogP contribution in [0.25, 0.3) is 0 Å². The molecule has 0 spiro atoms. The van der Waals surface area contributed by atoms with Crippen molar-refractivity contribution in [2.75, 3.05) is 27.4 Å². The van der Waals surface area contributed by atoms with Crippen LogP contribution < -0.4 is 10.1 Å². The fourth-order valence-electron chi connectivity index (χ4n) is 1.65. The molecule has 0 aliphatic rings. The van der Waals surface area contributed by atoms with Gasteiger partial charge in [-0.2, -0.15) is 0 Å². The van der Waals surface area contributed by atoms with Gasteiger partial charge in [0.1, 0.15) is 11.6 Å². The van der Waals surface area contributed by atoms with Crippen LogP contribution in [0.3, 0.4) is 0 Å². The van der Waals surface area contributed by atoms with E-state index in [1.165, 1.54) is 12.1 Å². The Morgan fingerprint density at radius 3 is 2.76 bits per heavy atom. The second-order valence-corrected chi connectivity index (χ2v) is 3.80. The maximum Gasteiger partial charge on any atom is 0.123 e.